The molecule has 0 saturated carbocycles. The molecular formula is C11H10N2OS2. The molecule has 0 unspecified atom stereocenters. The van der Waals surface area contributed by atoms with Gasteiger partial charge in [-0.25, -0.2) is 0 Å². The van der Waals surface area contributed by atoms with Crippen LogP contribution in [-0.2, 0) is 0 Å². The van der Waals surface area contributed by atoms with Crippen LogP contribution in [-0.4, -0.2) is 5.91 Å². The van der Waals surface area contributed by atoms with Gasteiger partial charge in [-0.2, -0.15) is 0 Å². The molecule has 0 aliphatic rings. The minimum Gasteiger partial charge on any atom is -0.397 e. The number of amides is 1. The number of hydrogen-bond acceptors (Lipinski definition) is 4. The number of benzene rings is 1. The van der Waals surface area contributed by atoms with E-state index in [2.05, 4.69) is 0 Å². The van der Waals surface area contributed by atoms with Gasteiger partial charge < -0.3 is 11.5 Å². The third kappa shape index (κ3) is 2.20. The molecule has 0 atom stereocenters. The highest BCUT2D eigenvalue weighted by molar-refractivity contribution is 8.01. The maximum Gasteiger partial charge on any atom is 0.250 e. The van der Waals surface area contributed by atoms with Gasteiger partial charge >= 0.3 is 0 Å². The summed E-state index contributed by atoms with van der Waals surface area (Å²) in [6.07, 6.45) is 0. The van der Waals surface area contributed by atoms with Crippen molar-refractivity contribution in [2.45, 2.75) is 9.10 Å². The molecule has 0 radical (unpaired) electrons. The zero-order chi connectivity index (χ0) is 11.5. The van der Waals surface area contributed by atoms with Crippen molar-refractivity contribution in [3.63, 3.8) is 0 Å². The first-order chi connectivity index (χ1) is 7.68. The van der Waals surface area contributed by atoms with Crippen molar-refractivity contribution in [2.75, 3.05) is 5.73 Å². The van der Waals surface area contributed by atoms with E-state index in [1.807, 2.05) is 23.6 Å². The average Bonchev–Trinajstić information content (AvgIpc) is 2.73. The van der Waals surface area contributed by atoms with Crippen molar-refractivity contribution < 1.29 is 4.79 Å². The Morgan fingerprint density at radius 3 is 2.69 bits per heavy atom. The lowest BCUT2D eigenvalue weighted by Gasteiger charge is -2.06. The van der Waals surface area contributed by atoms with Crippen LogP contribution in [0.5, 0.6) is 0 Å². The Labute approximate surface area is 101 Å². The van der Waals surface area contributed by atoms with Crippen LogP contribution in [0.4, 0.5) is 5.69 Å². The number of para-hydroxylation sites is 1. The summed E-state index contributed by atoms with van der Waals surface area (Å²) in [7, 11) is 0. The fourth-order valence-corrected chi connectivity index (χ4v) is 3.08. The molecule has 0 bridgehead atoms. The smallest absolute Gasteiger partial charge is 0.250 e. The molecule has 16 heavy (non-hydrogen) atoms. The maximum atomic E-state index is 11.1. The maximum absolute atomic E-state index is 11.1. The molecule has 5 heteroatoms. The van der Waals surface area contributed by atoms with Crippen molar-refractivity contribution in [1.82, 2.24) is 0 Å². The summed E-state index contributed by atoms with van der Waals surface area (Å²) in [5.74, 6) is -0.494. The van der Waals surface area contributed by atoms with E-state index in [1.165, 1.54) is 11.8 Å². The second-order valence-electron chi connectivity index (χ2n) is 3.12. The number of hydrogen-bond donors (Lipinski definition) is 2. The third-order valence-corrected chi connectivity index (χ3v) is 4.15. The topological polar surface area (TPSA) is 69.1 Å². The summed E-state index contributed by atoms with van der Waals surface area (Å²) in [5, 5.41) is 2.00. The second kappa shape index (κ2) is 4.59. The fraction of sp³-hybridized carbons (Fsp3) is 0. The van der Waals surface area contributed by atoms with Gasteiger partial charge in [-0.05, 0) is 23.6 Å². The number of anilines is 1. The number of thiophene rings is 1. The van der Waals surface area contributed by atoms with E-state index in [-0.39, 0.29) is 0 Å². The van der Waals surface area contributed by atoms with Crippen molar-refractivity contribution >= 4 is 34.7 Å². The molecule has 0 saturated heterocycles. The van der Waals surface area contributed by atoms with Crippen molar-refractivity contribution in [1.29, 1.82) is 0 Å². The molecule has 82 valence electrons. The van der Waals surface area contributed by atoms with Crippen LogP contribution in [0.1, 0.15) is 10.4 Å². The van der Waals surface area contributed by atoms with Crippen LogP contribution in [0.15, 0.2) is 44.8 Å². The standard InChI is InChI=1S/C11H10N2OS2/c12-10-7(11(13)14)3-1-4-8(10)16-9-5-2-6-15-9/h1-6H,12H2,(H2,13,14). The van der Waals surface area contributed by atoms with Crippen LogP contribution >= 0.6 is 23.1 Å². The van der Waals surface area contributed by atoms with Gasteiger partial charge in [0.15, 0.2) is 0 Å². The summed E-state index contributed by atoms with van der Waals surface area (Å²) < 4.78 is 1.13. The second-order valence-corrected chi connectivity index (χ2v) is 5.41. The fourth-order valence-electron chi connectivity index (χ4n) is 1.28. The Morgan fingerprint density at radius 1 is 1.25 bits per heavy atom. The van der Waals surface area contributed by atoms with E-state index in [1.54, 1.807) is 23.5 Å². The van der Waals surface area contributed by atoms with Crippen LogP contribution < -0.4 is 11.5 Å². The van der Waals surface area contributed by atoms with Gasteiger partial charge in [0, 0.05) is 4.90 Å². The van der Waals surface area contributed by atoms with Gasteiger partial charge in [0.25, 0.3) is 5.91 Å². The van der Waals surface area contributed by atoms with E-state index in [4.69, 9.17) is 11.5 Å². The summed E-state index contributed by atoms with van der Waals surface area (Å²) in [4.78, 5) is 12.0. The number of nitrogen functional groups attached to an aromatic ring is 1. The highest BCUT2D eigenvalue weighted by atomic mass is 32.2. The molecule has 2 rings (SSSR count). The van der Waals surface area contributed by atoms with Gasteiger partial charge in [-0.15, -0.1) is 11.3 Å². The SMILES string of the molecule is NC(=O)c1cccc(Sc2cccs2)c1N. The Hall–Kier alpha value is -1.46. The molecule has 1 heterocycles. The number of carbonyl (C=O) groups excluding carboxylic acids is 1. The van der Waals surface area contributed by atoms with E-state index >= 15 is 0 Å². The molecular weight excluding hydrogens is 240 g/mol. The quantitative estimate of drug-likeness (QED) is 0.823. The average molecular weight is 250 g/mol. The molecule has 1 amide bonds. The largest absolute Gasteiger partial charge is 0.397 e. The Bertz CT molecular complexity index is 509. The van der Waals surface area contributed by atoms with E-state index in [0.717, 1.165) is 9.10 Å². The summed E-state index contributed by atoms with van der Waals surface area (Å²) in [6, 6.07) is 9.28. The van der Waals surface area contributed by atoms with Gasteiger partial charge in [0.2, 0.25) is 0 Å². The Balaban J connectivity index is 2.35. The lowest BCUT2D eigenvalue weighted by atomic mass is 10.2. The summed E-state index contributed by atoms with van der Waals surface area (Å²) in [5.41, 5.74) is 11.9. The number of nitrogens with two attached hydrogens (primary N) is 2. The first-order valence-corrected chi connectivity index (χ1v) is 6.28. The number of carbonyl (C=O) groups is 1. The van der Waals surface area contributed by atoms with Crippen LogP contribution in [0.25, 0.3) is 0 Å². The first-order valence-electron chi connectivity index (χ1n) is 4.58. The molecule has 2 aromatic rings. The minimum atomic E-state index is -0.494. The van der Waals surface area contributed by atoms with Crippen LogP contribution in [0.3, 0.4) is 0 Å². The molecule has 0 aliphatic heterocycles. The normalized spacial score (nSPS) is 10.2. The highest BCUT2D eigenvalue weighted by Crippen LogP contribution is 2.35. The van der Waals surface area contributed by atoms with Crippen LogP contribution in [0, 0.1) is 0 Å². The molecule has 4 N–H and O–H groups in total. The Kier molecular flexibility index (Phi) is 3.17. The zero-order valence-electron chi connectivity index (χ0n) is 8.34. The minimum absolute atomic E-state index is 0.376. The van der Waals surface area contributed by atoms with Gasteiger partial charge in [-0.3, -0.25) is 4.79 Å². The molecule has 1 aromatic heterocycles. The number of primary amides is 1. The van der Waals surface area contributed by atoms with Crippen molar-refractivity contribution in [2.24, 2.45) is 5.73 Å². The van der Waals surface area contributed by atoms with Crippen molar-refractivity contribution in [3.8, 4) is 0 Å². The lowest BCUT2D eigenvalue weighted by Crippen LogP contribution is -2.13. The monoisotopic (exact) mass is 250 g/mol. The molecule has 3 nitrogen and oxygen atoms in total. The Morgan fingerprint density at radius 2 is 2.06 bits per heavy atom. The molecule has 0 spiro atoms. The molecule has 0 aliphatic carbocycles. The van der Waals surface area contributed by atoms with Gasteiger partial charge in [-0.1, -0.05) is 23.9 Å². The molecule has 0 fully saturated rings. The zero-order valence-corrected chi connectivity index (χ0v) is 9.98. The van der Waals surface area contributed by atoms with E-state index < -0.39 is 5.91 Å². The predicted octanol–water partition coefficient (Wildman–Crippen LogP) is 2.58. The van der Waals surface area contributed by atoms with E-state index in [0.29, 0.717) is 11.3 Å². The third-order valence-electron chi connectivity index (χ3n) is 2.04. The number of rotatable bonds is 3. The molecule has 1 aromatic carbocycles. The van der Waals surface area contributed by atoms with Crippen LogP contribution in [0.2, 0.25) is 0 Å². The lowest BCUT2D eigenvalue weighted by molar-refractivity contribution is 0.100. The van der Waals surface area contributed by atoms with E-state index in [9.17, 15) is 4.79 Å². The van der Waals surface area contributed by atoms with Gasteiger partial charge in [0.05, 0.1) is 15.5 Å². The van der Waals surface area contributed by atoms with Crippen molar-refractivity contribution in [3.05, 3.63) is 41.3 Å². The highest BCUT2D eigenvalue weighted by Gasteiger charge is 2.10. The van der Waals surface area contributed by atoms with Gasteiger partial charge in [0.1, 0.15) is 0 Å². The summed E-state index contributed by atoms with van der Waals surface area (Å²) in [6.45, 7) is 0. The predicted molar refractivity (Wildman–Crippen MR) is 67.8 cm³/mol. The first kappa shape index (κ1) is 11.0. The summed E-state index contributed by atoms with van der Waals surface area (Å²) >= 11 is 3.17.